The van der Waals surface area contributed by atoms with Gasteiger partial charge in [0.05, 0.1) is 0 Å². The molecule has 0 saturated heterocycles. The molecule has 0 heterocycles. The third kappa shape index (κ3) is 3.25. The normalized spacial score (nSPS) is 27.0. The van der Waals surface area contributed by atoms with Crippen molar-refractivity contribution in [3.8, 4) is 0 Å². The molecule has 0 aromatic carbocycles. The molecular formula is C16H32. The number of hydrogen-bond acceptors (Lipinski definition) is 0. The van der Waals surface area contributed by atoms with Gasteiger partial charge in [-0.25, -0.2) is 0 Å². The van der Waals surface area contributed by atoms with E-state index in [-0.39, 0.29) is 0 Å². The number of hydrogen-bond donors (Lipinski definition) is 0. The molecule has 0 radical (unpaired) electrons. The Labute approximate surface area is 103 Å². The summed E-state index contributed by atoms with van der Waals surface area (Å²) in [5.41, 5.74) is 0.698. The van der Waals surface area contributed by atoms with Crippen molar-refractivity contribution in [3.63, 3.8) is 0 Å². The summed E-state index contributed by atoms with van der Waals surface area (Å²) in [7, 11) is 0. The highest BCUT2D eigenvalue weighted by Crippen LogP contribution is 2.48. The summed E-state index contributed by atoms with van der Waals surface area (Å²) >= 11 is 0. The van der Waals surface area contributed by atoms with E-state index in [1.807, 2.05) is 0 Å². The summed E-state index contributed by atoms with van der Waals surface area (Å²) in [5, 5.41) is 0. The van der Waals surface area contributed by atoms with Crippen molar-refractivity contribution in [1.82, 2.24) is 0 Å². The summed E-state index contributed by atoms with van der Waals surface area (Å²) in [6.07, 6.45) is 13.1. The lowest BCUT2D eigenvalue weighted by Gasteiger charge is -2.44. The molecule has 1 saturated carbocycles. The van der Waals surface area contributed by atoms with Crippen molar-refractivity contribution in [3.05, 3.63) is 0 Å². The van der Waals surface area contributed by atoms with Gasteiger partial charge in [0.25, 0.3) is 0 Å². The first-order valence-corrected chi connectivity index (χ1v) is 7.68. The number of rotatable bonds is 6. The van der Waals surface area contributed by atoms with Crippen molar-refractivity contribution < 1.29 is 0 Å². The predicted molar refractivity (Wildman–Crippen MR) is 73.7 cm³/mol. The van der Waals surface area contributed by atoms with Crippen LogP contribution in [0.2, 0.25) is 0 Å². The fourth-order valence-corrected chi connectivity index (χ4v) is 4.04. The average molecular weight is 224 g/mol. The van der Waals surface area contributed by atoms with Crippen molar-refractivity contribution >= 4 is 0 Å². The van der Waals surface area contributed by atoms with Gasteiger partial charge in [0, 0.05) is 0 Å². The molecular weight excluding hydrogens is 192 g/mol. The molecule has 0 spiro atoms. The smallest absolute Gasteiger partial charge is 0.0272 e. The average Bonchev–Trinajstić information content (AvgIpc) is 2.29. The lowest BCUT2D eigenvalue weighted by atomic mass is 9.62. The Balaban J connectivity index is 2.66. The first-order chi connectivity index (χ1) is 7.68. The van der Waals surface area contributed by atoms with Crippen LogP contribution in [0.4, 0.5) is 0 Å². The molecule has 1 fully saturated rings. The van der Waals surface area contributed by atoms with Crippen LogP contribution in [0.3, 0.4) is 0 Å². The van der Waals surface area contributed by atoms with Crippen molar-refractivity contribution in [2.24, 2.45) is 17.3 Å². The lowest BCUT2D eigenvalue weighted by molar-refractivity contribution is 0.0728. The maximum absolute atomic E-state index is 2.43. The summed E-state index contributed by atoms with van der Waals surface area (Å²) < 4.78 is 0. The highest BCUT2D eigenvalue weighted by molar-refractivity contribution is 4.87. The minimum absolute atomic E-state index is 0.698. The van der Waals surface area contributed by atoms with Gasteiger partial charge < -0.3 is 0 Å². The fraction of sp³-hybridized carbons (Fsp3) is 1.00. The quantitative estimate of drug-likeness (QED) is 0.534. The van der Waals surface area contributed by atoms with Crippen molar-refractivity contribution in [2.75, 3.05) is 0 Å². The highest BCUT2D eigenvalue weighted by atomic mass is 14.4. The maximum atomic E-state index is 2.43. The van der Waals surface area contributed by atoms with E-state index >= 15 is 0 Å². The molecule has 1 aliphatic rings. The van der Waals surface area contributed by atoms with Crippen molar-refractivity contribution in [1.29, 1.82) is 0 Å². The van der Waals surface area contributed by atoms with E-state index < -0.39 is 0 Å². The lowest BCUT2D eigenvalue weighted by Crippen LogP contribution is -2.32. The molecule has 0 aromatic rings. The van der Waals surface area contributed by atoms with Gasteiger partial charge in [0.1, 0.15) is 0 Å². The second kappa shape index (κ2) is 6.67. The van der Waals surface area contributed by atoms with Gasteiger partial charge in [0.2, 0.25) is 0 Å². The molecule has 0 nitrogen and oxygen atoms in total. The van der Waals surface area contributed by atoms with Gasteiger partial charge in [-0.1, -0.05) is 59.8 Å². The summed E-state index contributed by atoms with van der Waals surface area (Å²) in [4.78, 5) is 0. The standard InChI is InChI=1S/C16H32/c1-5-12-16(7-3,13-6-2)15-10-8-14(4)9-11-15/h14-15H,5-13H2,1-4H3. The minimum atomic E-state index is 0.698. The Morgan fingerprint density at radius 2 is 1.38 bits per heavy atom. The topological polar surface area (TPSA) is 0 Å². The zero-order valence-corrected chi connectivity index (χ0v) is 12.0. The second-order valence-corrected chi connectivity index (χ2v) is 6.17. The van der Waals surface area contributed by atoms with E-state index in [0.717, 1.165) is 11.8 Å². The van der Waals surface area contributed by atoms with Gasteiger partial charge in [0.15, 0.2) is 0 Å². The Kier molecular flexibility index (Phi) is 5.86. The van der Waals surface area contributed by atoms with E-state index in [4.69, 9.17) is 0 Å². The highest BCUT2D eigenvalue weighted by Gasteiger charge is 2.36. The Morgan fingerprint density at radius 1 is 0.875 bits per heavy atom. The molecule has 16 heavy (non-hydrogen) atoms. The summed E-state index contributed by atoms with van der Waals surface area (Å²) in [5.74, 6) is 2.03. The Morgan fingerprint density at radius 3 is 1.75 bits per heavy atom. The monoisotopic (exact) mass is 224 g/mol. The van der Waals surface area contributed by atoms with Gasteiger partial charge in [-0.3, -0.25) is 0 Å². The van der Waals surface area contributed by atoms with Gasteiger partial charge in [-0.05, 0) is 42.9 Å². The Bertz CT molecular complexity index is 168. The van der Waals surface area contributed by atoms with Crippen LogP contribution in [0.1, 0.15) is 85.5 Å². The minimum Gasteiger partial charge on any atom is -0.0654 e. The third-order valence-corrected chi connectivity index (χ3v) is 5.08. The van der Waals surface area contributed by atoms with Crippen molar-refractivity contribution in [2.45, 2.75) is 85.5 Å². The van der Waals surface area contributed by atoms with Crippen LogP contribution in [0.15, 0.2) is 0 Å². The van der Waals surface area contributed by atoms with Crippen LogP contribution in [0, 0.1) is 17.3 Å². The molecule has 96 valence electrons. The molecule has 0 heteroatoms. The van der Waals surface area contributed by atoms with E-state index in [9.17, 15) is 0 Å². The van der Waals surface area contributed by atoms with Crippen LogP contribution < -0.4 is 0 Å². The zero-order valence-electron chi connectivity index (χ0n) is 12.0. The second-order valence-electron chi connectivity index (χ2n) is 6.17. The molecule has 0 bridgehead atoms. The van der Waals surface area contributed by atoms with Gasteiger partial charge in [-0.2, -0.15) is 0 Å². The maximum Gasteiger partial charge on any atom is -0.0272 e. The Hall–Kier alpha value is 0. The molecule has 0 aliphatic heterocycles. The first kappa shape index (κ1) is 14.1. The van der Waals surface area contributed by atoms with Crippen LogP contribution in [0.25, 0.3) is 0 Å². The summed E-state index contributed by atoms with van der Waals surface area (Å²) in [6, 6.07) is 0. The SMILES string of the molecule is CCCC(CC)(CCC)C1CCC(C)CC1. The molecule has 0 amide bonds. The molecule has 0 atom stereocenters. The fourth-order valence-electron chi connectivity index (χ4n) is 4.04. The van der Waals surface area contributed by atoms with E-state index in [0.29, 0.717) is 5.41 Å². The predicted octanol–water partition coefficient (Wildman–Crippen LogP) is 5.81. The van der Waals surface area contributed by atoms with Gasteiger partial charge in [-0.15, -0.1) is 0 Å². The third-order valence-electron chi connectivity index (χ3n) is 5.08. The zero-order chi connectivity index (χ0) is 12.0. The molecule has 0 aromatic heterocycles. The van der Waals surface area contributed by atoms with Gasteiger partial charge >= 0.3 is 0 Å². The largest absolute Gasteiger partial charge is 0.0654 e. The van der Waals surface area contributed by atoms with E-state index in [1.165, 1.54) is 57.8 Å². The van der Waals surface area contributed by atoms with Crippen LogP contribution in [-0.2, 0) is 0 Å². The molecule has 0 N–H and O–H groups in total. The van der Waals surface area contributed by atoms with Crippen LogP contribution >= 0.6 is 0 Å². The van der Waals surface area contributed by atoms with Crippen LogP contribution in [0.5, 0.6) is 0 Å². The first-order valence-electron chi connectivity index (χ1n) is 7.68. The van der Waals surface area contributed by atoms with E-state index in [1.54, 1.807) is 0 Å². The molecule has 1 rings (SSSR count). The molecule has 0 unspecified atom stereocenters. The molecule has 1 aliphatic carbocycles. The van der Waals surface area contributed by atoms with E-state index in [2.05, 4.69) is 27.7 Å². The van der Waals surface area contributed by atoms with Crippen LogP contribution in [-0.4, -0.2) is 0 Å². The summed E-state index contributed by atoms with van der Waals surface area (Å²) in [6.45, 7) is 9.60.